The van der Waals surface area contributed by atoms with Crippen molar-refractivity contribution in [2.45, 2.75) is 13.3 Å². The van der Waals surface area contributed by atoms with Crippen LogP contribution in [0.1, 0.15) is 27.3 Å². The van der Waals surface area contributed by atoms with Gasteiger partial charge in [0.25, 0.3) is 0 Å². The Labute approximate surface area is 121 Å². The number of carboxylic acid groups (broad SMARTS) is 1. The minimum atomic E-state index is -0.984. The number of carboxylic acids is 1. The predicted octanol–water partition coefficient (Wildman–Crippen LogP) is 2.85. The molecule has 0 aliphatic heterocycles. The van der Waals surface area contributed by atoms with E-state index in [2.05, 4.69) is 0 Å². The van der Waals surface area contributed by atoms with Crippen LogP contribution < -0.4 is 0 Å². The molecule has 104 valence electrons. The highest BCUT2D eigenvalue weighted by molar-refractivity contribution is 6.32. The SMILES string of the molecule is Cc1ccc(C(=O)c2cc(Cl)c(CC(=O)O)n2C)cc1. The average Bonchev–Trinajstić information content (AvgIpc) is 2.66. The first-order chi connectivity index (χ1) is 9.40. The number of aliphatic carboxylic acids is 1. The number of aryl methyl sites for hydroxylation is 1. The molecule has 1 aromatic carbocycles. The fourth-order valence-electron chi connectivity index (χ4n) is 2.02. The summed E-state index contributed by atoms with van der Waals surface area (Å²) in [6, 6.07) is 8.72. The second kappa shape index (κ2) is 5.51. The number of halogens is 1. The van der Waals surface area contributed by atoms with Crippen LogP contribution in [0.25, 0.3) is 0 Å². The molecule has 0 fully saturated rings. The lowest BCUT2D eigenvalue weighted by Gasteiger charge is -2.06. The van der Waals surface area contributed by atoms with Crippen LogP contribution in [0.2, 0.25) is 5.02 Å². The summed E-state index contributed by atoms with van der Waals surface area (Å²) in [7, 11) is 1.64. The van der Waals surface area contributed by atoms with E-state index in [-0.39, 0.29) is 12.2 Å². The summed E-state index contributed by atoms with van der Waals surface area (Å²) in [6.45, 7) is 1.94. The number of benzene rings is 1. The highest BCUT2D eigenvalue weighted by Gasteiger charge is 2.19. The molecule has 2 aromatic rings. The largest absolute Gasteiger partial charge is 0.481 e. The maximum atomic E-state index is 12.4. The van der Waals surface area contributed by atoms with E-state index in [0.717, 1.165) is 5.56 Å². The third kappa shape index (κ3) is 2.75. The Morgan fingerprint density at radius 2 is 1.85 bits per heavy atom. The number of carbonyl (C=O) groups excluding carboxylic acids is 1. The normalized spacial score (nSPS) is 10.6. The number of hydrogen-bond acceptors (Lipinski definition) is 2. The van der Waals surface area contributed by atoms with Gasteiger partial charge in [-0.2, -0.15) is 0 Å². The molecule has 0 spiro atoms. The first-order valence-electron chi connectivity index (χ1n) is 6.07. The minimum absolute atomic E-state index is 0.175. The summed E-state index contributed by atoms with van der Waals surface area (Å²) < 4.78 is 1.54. The Hall–Kier alpha value is -2.07. The van der Waals surface area contributed by atoms with Gasteiger partial charge in [0, 0.05) is 18.3 Å². The second-order valence-corrected chi connectivity index (χ2v) is 5.06. The van der Waals surface area contributed by atoms with Crippen LogP contribution in [0.3, 0.4) is 0 Å². The van der Waals surface area contributed by atoms with Gasteiger partial charge < -0.3 is 9.67 Å². The topological polar surface area (TPSA) is 59.3 Å². The molecular weight excluding hydrogens is 278 g/mol. The lowest BCUT2D eigenvalue weighted by Crippen LogP contribution is -2.11. The van der Waals surface area contributed by atoms with Crippen molar-refractivity contribution >= 4 is 23.4 Å². The third-order valence-corrected chi connectivity index (χ3v) is 3.50. The zero-order chi connectivity index (χ0) is 14.9. The molecule has 0 unspecified atom stereocenters. The van der Waals surface area contributed by atoms with E-state index in [1.54, 1.807) is 23.7 Å². The fourth-order valence-corrected chi connectivity index (χ4v) is 2.32. The van der Waals surface area contributed by atoms with Crippen LogP contribution in [-0.2, 0) is 18.3 Å². The van der Waals surface area contributed by atoms with Gasteiger partial charge in [0.2, 0.25) is 5.78 Å². The number of ketones is 1. The Morgan fingerprint density at radius 3 is 2.40 bits per heavy atom. The molecule has 0 radical (unpaired) electrons. The zero-order valence-electron chi connectivity index (χ0n) is 11.2. The smallest absolute Gasteiger partial charge is 0.309 e. The minimum Gasteiger partial charge on any atom is -0.481 e. The third-order valence-electron chi connectivity index (χ3n) is 3.17. The van der Waals surface area contributed by atoms with Gasteiger partial charge >= 0.3 is 5.97 Å². The number of nitrogens with zero attached hydrogens (tertiary/aromatic N) is 1. The standard InChI is InChI=1S/C15H14ClNO3/c1-9-3-5-10(6-4-9)15(20)13-7-11(16)12(17(13)2)8-14(18)19/h3-7H,8H2,1-2H3,(H,18,19). The highest BCUT2D eigenvalue weighted by atomic mass is 35.5. The summed E-state index contributed by atoms with van der Waals surface area (Å²) in [4.78, 5) is 23.2. The first-order valence-corrected chi connectivity index (χ1v) is 6.45. The van der Waals surface area contributed by atoms with Crippen LogP contribution >= 0.6 is 11.6 Å². The number of carbonyl (C=O) groups is 2. The van der Waals surface area contributed by atoms with Crippen molar-refractivity contribution in [3.05, 3.63) is 57.9 Å². The van der Waals surface area contributed by atoms with Crippen molar-refractivity contribution in [3.8, 4) is 0 Å². The summed E-state index contributed by atoms with van der Waals surface area (Å²) >= 11 is 6.01. The molecule has 0 atom stereocenters. The van der Waals surface area contributed by atoms with Crippen molar-refractivity contribution in [2.75, 3.05) is 0 Å². The highest BCUT2D eigenvalue weighted by Crippen LogP contribution is 2.23. The second-order valence-electron chi connectivity index (χ2n) is 4.65. The Balaban J connectivity index is 2.40. The van der Waals surface area contributed by atoms with Gasteiger partial charge in [-0.05, 0) is 13.0 Å². The van der Waals surface area contributed by atoms with Crippen LogP contribution in [-0.4, -0.2) is 21.4 Å². The maximum Gasteiger partial charge on any atom is 0.309 e. The molecule has 0 amide bonds. The van der Waals surface area contributed by atoms with E-state index < -0.39 is 5.97 Å². The van der Waals surface area contributed by atoms with Crippen molar-refractivity contribution in [2.24, 2.45) is 7.05 Å². The van der Waals surface area contributed by atoms with Gasteiger partial charge in [0.05, 0.1) is 17.1 Å². The lowest BCUT2D eigenvalue weighted by atomic mass is 10.1. The number of hydrogen-bond donors (Lipinski definition) is 1. The van der Waals surface area contributed by atoms with E-state index in [1.165, 1.54) is 6.07 Å². The molecule has 0 saturated carbocycles. The van der Waals surface area contributed by atoms with Gasteiger partial charge in [-0.15, -0.1) is 0 Å². The summed E-state index contributed by atoms with van der Waals surface area (Å²) in [6.07, 6.45) is -0.212. The van der Waals surface area contributed by atoms with Crippen LogP contribution in [0, 0.1) is 6.92 Å². The quantitative estimate of drug-likeness (QED) is 0.881. The molecule has 20 heavy (non-hydrogen) atoms. The van der Waals surface area contributed by atoms with Crippen LogP contribution in [0.5, 0.6) is 0 Å². The van der Waals surface area contributed by atoms with Crippen molar-refractivity contribution in [1.29, 1.82) is 0 Å². The van der Waals surface area contributed by atoms with Crippen molar-refractivity contribution in [3.63, 3.8) is 0 Å². The molecule has 0 aliphatic rings. The Kier molecular flexibility index (Phi) is 3.95. The fraction of sp³-hybridized carbons (Fsp3) is 0.200. The molecule has 0 bridgehead atoms. The van der Waals surface area contributed by atoms with Gasteiger partial charge in [0.1, 0.15) is 0 Å². The summed E-state index contributed by atoms with van der Waals surface area (Å²) in [5.74, 6) is -1.16. The molecule has 2 rings (SSSR count). The summed E-state index contributed by atoms with van der Waals surface area (Å²) in [5, 5.41) is 9.15. The molecule has 1 N–H and O–H groups in total. The molecule has 5 heteroatoms. The monoisotopic (exact) mass is 291 g/mol. The first kappa shape index (κ1) is 14.3. The molecule has 4 nitrogen and oxygen atoms in total. The van der Waals surface area contributed by atoms with Crippen molar-refractivity contribution < 1.29 is 14.7 Å². The Morgan fingerprint density at radius 1 is 1.25 bits per heavy atom. The maximum absolute atomic E-state index is 12.4. The average molecular weight is 292 g/mol. The molecule has 1 heterocycles. The summed E-state index contributed by atoms with van der Waals surface area (Å²) in [5.41, 5.74) is 2.43. The van der Waals surface area contributed by atoms with E-state index in [9.17, 15) is 9.59 Å². The zero-order valence-corrected chi connectivity index (χ0v) is 11.9. The molecule has 1 aromatic heterocycles. The van der Waals surface area contributed by atoms with E-state index in [1.807, 2.05) is 19.1 Å². The predicted molar refractivity (Wildman–Crippen MR) is 76.4 cm³/mol. The van der Waals surface area contributed by atoms with E-state index in [4.69, 9.17) is 16.7 Å². The van der Waals surface area contributed by atoms with E-state index >= 15 is 0 Å². The van der Waals surface area contributed by atoms with Gasteiger partial charge in [-0.1, -0.05) is 41.4 Å². The number of aromatic nitrogens is 1. The number of rotatable bonds is 4. The van der Waals surface area contributed by atoms with Gasteiger partial charge in [0.15, 0.2) is 0 Å². The molecule has 0 saturated heterocycles. The van der Waals surface area contributed by atoms with Gasteiger partial charge in [-0.3, -0.25) is 9.59 Å². The lowest BCUT2D eigenvalue weighted by molar-refractivity contribution is -0.136. The van der Waals surface area contributed by atoms with E-state index in [0.29, 0.717) is 22.0 Å². The van der Waals surface area contributed by atoms with Crippen LogP contribution in [0.4, 0.5) is 0 Å². The van der Waals surface area contributed by atoms with Crippen LogP contribution in [0.15, 0.2) is 30.3 Å². The molecular formula is C15H14ClNO3. The van der Waals surface area contributed by atoms with Gasteiger partial charge in [-0.25, -0.2) is 0 Å². The molecule has 0 aliphatic carbocycles. The van der Waals surface area contributed by atoms with Crippen molar-refractivity contribution in [1.82, 2.24) is 4.57 Å². The Bertz CT molecular complexity index is 671.